The van der Waals surface area contributed by atoms with Gasteiger partial charge in [0, 0.05) is 0 Å². The molecular formula is C7H12OS. The van der Waals surface area contributed by atoms with Crippen molar-refractivity contribution in [3.05, 3.63) is 0 Å². The standard InChI is InChI=1S/C7H12OS/c1-2-6(5-9-3-1)7-4-8-7/h6-7H,1-5H2/t6?,7-/m1/s1. The number of ether oxygens (including phenoxy) is 1. The van der Waals surface area contributed by atoms with E-state index in [0.29, 0.717) is 6.10 Å². The lowest BCUT2D eigenvalue weighted by Gasteiger charge is -2.18. The van der Waals surface area contributed by atoms with Gasteiger partial charge in [-0.3, -0.25) is 0 Å². The summed E-state index contributed by atoms with van der Waals surface area (Å²) in [6, 6.07) is 0. The van der Waals surface area contributed by atoms with E-state index in [-0.39, 0.29) is 0 Å². The molecule has 2 rings (SSSR count). The van der Waals surface area contributed by atoms with E-state index in [1.165, 1.54) is 24.3 Å². The molecule has 52 valence electrons. The average Bonchev–Trinajstić information content (AvgIpc) is 2.71. The van der Waals surface area contributed by atoms with Crippen molar-refractivity contribution in [2.45, 2.75) is 18.9 Å². The lowest BCUT2D eigenvalue weighted by atomic mass is 10.0. The molecule has 0 aromatic rings. The van der Waals surface area contributed by atoms with E-state index in [1.807, 2.05) is 0 Å². The normalized spacial score (nSPS) is 42.7. The second-order valence-corrected chi connectivity index (χ2v) is 4.00. The van der Waals surface area contributed by atoms with Gasteiger partial charge in [-0.1, -0.05) is 0 Å². The molecule has 2 atom stereocenters. The van der Waals surface area contributed by atoms with Gasteiger partial charge in [-0.2, -0.15) is 11.8 Å². The van der Waals surface area contributed by atoms with Crippen LogP contribution in [0, 0.1) is 5.92 Å². The summed E-state index contributed by atoms with van der Waals surface area (Å²) in [5, 5.41) is 0. The molecule has 2 saturated heterocycles. The van der Waals surface area contributed by atoms with E-state index < -0.39 is 0 Å². The first-order valence-electron chi connectivity index (χ1n) is 3.66. The molecule has 2 heteroatoms. The number of epoxide rings is 1. The van der Waals surface area contributed by atoms with Gasteiger partial charge in [-0.15, -0.1) is 0 Å². The molecule has 0 saturated carbocycles. The smallest absolute Gasteiger partial charge is 0.0845 e. The maximum absolute atomic E-state index is 5.23. The maximum atomic E-state index is 5.23. The van der Waals surface area contributed by atoms with E-state index in [4.69, 9.17) is 4.74 Å². The molecule has 0 aromatic heterocycles. The van der Waals surface area contributed by atoms with Crippen LogP contribution >= 0.6 is 11.8 Å². The number of thioether (sulfide) groups is 1. The highest BCUT2D eigenvalue weighted by Gasteiger charge is 2.33. The minimum Gasteiger partial charge on any atom is -0.373 e. The van der Waals surface area contributed by atoms with Gasteiger partial charge in [-0.05, 0) is 30.3 Å². The van der Waals surface area contributed by atoms with Crippen LogP contribution in [0.4, 0.5) is 0 Å². The van der Waals surface area contributed by atoms with Crippen LogP contribution in [0.1, 0.15) is 12.8 Å². The van der Waals surface area contributed by atoms with Gasteiger partial charge in [0.1, 0.15) is 0 Å². The molecule has 2 heterocycles. The Labute approximate surface area is 60.2 Å². The van der Waals surface area contributed by atoms with Crippen LogP contribution in [0.5, 0.6) is 0 Å². The van der Waals surface area contributed by atoms with Crippen molar-refractivity contribution < 1.29 is 4.74 Å². The number of hydrogen-bond acceptors (Lipinski definition) is 2. The van der Waals surface area contributed by atoms with E-state index in [1.54, 1.807) is 0 Å². The van der Waals surface area contributed by atoms with Gasteiger partial charge in [0.2, 0.25) is 0 Å². The van der Waals surface area contributed by atoms with E-state index in [2.05, 4.69) is 11.8 Å². The molecule has 0 amide bonds. The molecule has 0 radical (unpaired) electrons. The summed E-state index contributed by atoms with van der Waals surface area (Å²) >= 11 is 2.09. The van der Waals surface area contributed by atoms with Gasteiger partial charge in [0.15, 0.2) is 0 Å². The summed E-state index contributed by atoms with van der Waals surface area (Å²) in [4.78, 5) is 0. The van der Waals surface area contributed by atoms with Crippen molar-refractivity contribution in [3.63, 3.8) is 0 Å². The minimum absolute atomic E-state index is 0.665. The molecule has 0 spiro atoms. The highest BCUT2D eigenvalue weighted by molar-refractivity contribution is 7.99. The molecule has 1 nitrogen and oxygen atoms in total. The zero-order chi connectivity index (χ0) is 6.10. The molecule has 0 N–H and O–H groups in total. The summed E-state index contributed by atoms with van der Waals surface area (Å²) in [6.45, 7) is 1.05. The summed E-state index contributed by atoms with van der Waals surface area (Å²) in [5.74, 6) is 3.64. The fraction of sp³-hybridized carbons (Fsp3) is 1.00. The van der Waals surface area contributed by atoms with Gasteiger partial charge in [-0.25, -0.2) is 0 Å². The summed E-state index contributed by atoms with van der Waals surface area (Å²) in [5.41, 5.74) is 0. The van der Waals surface area contributed by atoms with Gasteiger partial charge in [0.05, 0.1) is 12.7 Å². The maximum Gasteiger partial charge on any atom is 0.0845 e. The fourth-order valence-electron chi connectivity index (χ4n) is 1.39. The Morgan fingerprint density at radius 1 is 1.44 bits per heavy atom. The van der Waals surface area contributed by atoms with E-state index >= 15 is 0 Å². The Kier molecular flexibility index (Phi) is 1.68. The van der Waals surface area contributed by atoms with Crippen molar-refractivity contribution in [1.29, 1.82) is 0 Å². The second kappa shape index (κ2) is 2.51. The van der Waals surface area contributed by atoms with Crippen LogP contribution in [0.25, 0.3) is 0 Å². The van der Waals surface area contributed by atoms with E-state index in [9.17, 15) is 0 Å². The molecule has 0 aromatic carbocycles. The molecule has 2 fully saturated rings. The zero-order valence-corrected chi connectivity index (χ0v) is 6.32. The Hall–Kier alpha value is 0.310. The lowest BCUT2D eigenvalue weighted by Crippen LogP contribution is -2.15. The Bertz CT molecular complexity index is 95.1. The first-order chi connectivity index (χ1) is 4.47. The molecule has 0 bridgehead atoms. The van der Waals surface area contributed by atoms with Crippen LogP contribution in [-0.4, -0.2) is 24.2 Å². The summed E-state index contributed by atoms with van der Waals surface area (Å²) in [7, 11) is 0. The lowest BCUT2D eigenvalue weighted by molar-refractivity contribution is 0.330. The summed E-state index contributed by atoms with van der Waals surface area (Å²) < 4.78 is 5.23. The number of hydrogen-bond donors (Lipinski definition) is 0. The van der Waals surface area contributed by atoms with Gasteiger partial charge in [0.25, 0.3) is 0 Å². The topological polar surface area (TPSA) is 12.5 Å². The van der Waals surface area contributed by atoms with Crippen LogP contribution in [0.15, 0.2) is 0 Å². The van der Waals surface area contributed by atoms with Crippen molar-refractivity contribution in [3.8, 4) is 0 Å². The monoisotopic (exact) mass is 144 g/mol. The molecule has 0 aliphatic carbocycles. The molecule has 9 heavy (non-hydrogen) atoms. The SMILES string of the molecule is C1CSCC([C@H]2CO2)C1. The molecular weight excluding hydrogens is 132 g/mol. The highest BCUT2D eigenvalue weighted by atomic mass is 32.2. The van der Waals surface area contributed by atoms with Crippen LogP contribution < -0.4 is 0 Å². The fourth-order valence-corrected chi connectivity index (χ4v) is 2.61. The Balaban J connectivity index is 1.80. The Morgan fingerprint density at radius 2 is 2.33 bits per heavy atom. The predicted molar refractivity (Wildman–Crippen MR) is 39.8 cm³/mol. The molecule has 1 unspecified atom stereocenters. The average molecular weight is 144 g/mol. The van der Waals surface area contributed by atoms with E-state index in [0.717, 1.165) is 12.5 Å². The van der Waals surface area contributed by atoms with Crippen molar-refractivity contribution in [1.82, 2.24) is 0 Å². The van der Waals surface area contributed by atoms with Gasteiger partial charge < -0.3 is 4.74 Å². The first kappa shape index (κ1) is 6.05. The Morgan fingerprint density at radius 3 is 2.89 bits per heavy atom. The first-order valence-corrected chi connectivity index (χ1v) is 4.81. The largest absolute Gasteiger partial charge is 0.373 e. The second-order valence-electron chi connectivity index (χ2n) is 2.85. The quantitative estimate of drug-likeness (QED) is 0.517. The summed E-state index contributed by atoms with van der Waals surface area (Å²) in [6.07, 6.45) is 3.49. The predicted octanol–water partition coefficient (Wildman–Crippen LogP) is 1.53. The highest BCUT2D eigenvalue weighted by Crippen LogP contribution is 2.31. The third kappa shape index (κ3) is 1.41. The van der Waals surface area contributed by atoms with Crippen LogP contribution in [0.3, 0.4) is 0 Å². The van der Waals surface area contributed by atoms with Crippen molar-refractivity contribution >= 4 is 11.8 Å². The third-order valence-electron chi connectivity index (χ3n) is 2.08. The number of rotatable bonds is 1. The van der Waals surface area contributed by atoms with Gasteiger partial charge >= 0.3 is 0 Å². The minimum atomic E-state index is 0.665. The third-order valence-corrected chi connectivity index (χ3v) is 3.32. The zero-order valence-electron chi connectivity index (χ0n) is 5.51. The van der Waals surface area contributed by atoms with Crippen molar-refractivity contribution in [2.75, 3.05) is 18.1 Å². The van der Waals surface area contributed by atoms with Crippen molar-refractivity contribution in [2.24, 2.45) is 5.92 Å². The molecule has 2 aliphatic heterocycles. The van der Waals surface area contributed by atoms with Crippen LogP contribution in [0.2, 0.25) is 0 Å². The molecule has 2 aliphatic rings. The van der Waals surface area contributed by atoms with Crippen LogP contribution in [-0.2, 0) is 4.74 Å².